The minimum Gasteiger partial charge on any atom is -0.372 e. The first-order valence-corrected chi connectivity index (χ1v) is 8.70. The largest absolute Gasteiger partial charge is 0.372 e. The third-order valence-corrected chi connectivity index (χ3v) is 4.38. The molecule has 0 spiro atoms. The number of anilines is 1. The van der Waals surface area contributed by atoms with Crippen molar-refractivity contribution in [2.75, 3.05) is 18.0 Å². The van der Waals surface area contributed by atoms with Crippen molar-refractivity contribution < 1.29 is 4.79 Å². The molecule has 3 rings (SSSR count). The fourth-order valence-electron chi connectivity index (χ4n) is 2.92. The van der Waals surface area contributed by atoms with E-state index in [9.17, 15) is 4.79 Å². The first-order valence-electron chi connectivity index (χ1n) is 8.70. The summed E-state index contributed by atoms with van der Waals surface area (Å²) >= 11 is 0. The molecule has 2 aromatic rings. The molecule has 1 aromatic heterocycles. The van der Waals surface area contributed by atoms with E-state index in [2.05, 4.69) is 37.5 Å². The van der Waals surface area contributed by atoms with Gasteiger partial charge in [-0.05, 0) is 37.5 Å². The standard InChI is InChI=1S/C19H23N5O/c1-15(22-23-19(25)18-14-20-10-11-21-18)16-6-8-17(9-7-16)24-12-4-2-3-5-13-24/h6-11,14H,2-5,12-13H2,1H3,(H,23,25)/b22-15+. The van der Waals surface area contributed by atoms with Gasteiger partial charge >= 0.3 is 0 Å². The fraction of sp³-hybridized carbons (Fsp3) is 0.368. The van der Waals surface area contributed by atoms with Gasteiger partial charge < -0.3 is 4.90 Å². The van der Waals surface area contributed by atoms with E-state index in [-0.39, 0.29) is 11.6 Å². The summed E-state index contributed by atoms with van der Waals surface area (Å²) in [7, 11) is 0. The summed E-state index contributed by atoms with van der Waals surface area (Å²) in [5.74, 6) is -0.367. The second-order valence-electron chi connectivity index (χ2n) is 6.18. The molecule has 25 heavy (non-hydrogen) atoms. The van der Waals surface area contributed by atoms with E-state index in [1.165, 1.54) is 50.0 Å². The summed E-state index contributed by atoms with van der Waals surface area (Å²) in [4.78, 5) is 22.2. The van der Waals surface area contributed by atoms with Crippen LogP contribution in [-0.4, -0.2) is 34.7 Å². The molecular weight excluding hydrogens is 314 g/mol. The predicted octanol–water partition coefficient (Wildman–Crippen LogP) is 3.01. The van der Waals surface area contributed by atoms with Crippen LogP contribution in [0.2, 0.25) is 0 Å². The van der Waals surface area contributed by atoms with Crippen LogP contribution in [-0.2, 0) is 0 Å². The molecule has 0 aliphatic carbocycles. The highest BCUT2D eigenvalue weighted by molar-refractivity contribution is 6.00. The number of carbonyl (C=O) groups is 1. The Labute approximate surface area is 148 Å². The summed E-state index contributed by atoms with van der Waals surface area (Å²) in [5, 5.41) is 4.16. The second kappa shape index (κ2) is 8.37. The van der Waals surface area contributed by atoms with Crippen molar-refractivity contribution in [3.63, 3.8) is 0 Å². The van der Waals surface area contributed by atoms with Gasteiger partial charge in [-0.3, -0.25) is 9.78 Å². The Morgan fingerprint density at radius 3 is 2.44 bits per heavy atom. The molecule has 0 radical (unpaired) electrons. The molecule has 0 unspecified atom stereocenters. The van der Waals surface area contributed by atoms with E-state index in [0.717, 1.165) is 24.4 Å². The third kappa shape index (κ3) is 4.62. The number of hydrazone groups is 1. The summed E-state index contributed by atoms with van der Waals surface area (Å²) in [5.41, 5.74) is 5.75. The zero-order chi connectivity index (χ0) is 17.5. The molecule has 1 saturated heterocycles. The fourth-order valence-corrected chi connectivity index (χ4v) is 2.92. The predicted molar refractivity (Wildman–Crippen MR) is 98.8 cm³/mol. The van der Waals surface area contributed by atoms with Gasteiger partial charge in [-0.2, -0.15) is 5.10 Å². The molecule has 1 fully saturated rings. The van der Waals surface area contributed by atoms with E-state index in [4.69, 9.17) is 0 Å². The van der Waals surface area contributed by atoms with Crippen molar-refractivity contribution in [1.29, 1.82) is 0 Å². The van der Waals surface area contributed by atoms with E-state index in [1.54, 1.807) is 0 Å². The Kier molecular flexibility index (Phi) is 5.72. The van der Waals surface area contributed by atoms with Crippen LogP contribution in [0.5, 0.6) is 0 Å². The van der Waals surface area contributed by atoms with Crippen LogP contribution in [0.1, 0.15) is 48.7 Å². The molecule has 6 heteroatoms. The zero-order valence-electron chi connectivity index (χ0n) is 14.5. The van der Waals surface area contributed by atoms with Gasteiger partial charge in [-0.1, -0.05) is 25.0 Å². The van der Waals surface area contributed by atoms with E-state index >= 15 is 0 Å². The van der Waals surface area contributed by atoms with Gasteiger partial charge in [0.2, 0.25) is 0 Å². The smallest absolute Gasteiger partial charge is 0.291 e. The van der Waals surface area contributed by atoms with Crippen LogP contribution in [0.15, 0.2) is 48.0 Å². The lowest BCUT2D eigenvalue weighted by atomic mass is 10.1. The average molecular weight is 337 g/mol. The molecule has 1 N–H and O–H groups in total. The maximum atomic E-state index is 11.9. The highest BCUT2D eigenvalue weighted by atomic mass is 16.2. The molecule has 130 valence electrons. The van der Waals surface area contributed by atoms with Gasteiger partial charge in [0.1, 0.15) is 5.69 Å². The van der Waals surface area contributed by atoms with Crippen LogP contribution < -0.4 is 10.3 Å². The number of carbonyl (C=O) groups excluding carboxylic acids is 1. The number of nitrogens with one attached hydrogen (secondary N) is 1. The maximum Gasteiger partial charge on any atom is 0.291 e. The van der Waals surface area contributed by atoms with Crippen molar-refractivity contribution in [3.8, 4) is 0 Å². The minimum absolute atomic E-state index is 0.246. The number of amides is 1. The number of hydrogen-bond acceptors (Lipinski definition) is 5. The Hall–Kier alpha value is -2.76. The highest BCUT2D eigenvalue weighted by Gasteiger charge is 2.10. The number of aromatic nitrogens is 2. The maximum absolute atomic E-state index is 11.9. The summed E-state index contributed by atoms with van der Waals surface area (Å²) < 4.78 is 0. The van der Waals surface area contributed by atoms with Crippen molar-refractivity contribution in [2.24, 2.45) is 5.10 Å². The topological polar surface area (TPSA) is 70.5 Å². The number of rotatable bonds is 4. The lowest BCUT2D eigenvalue weighted by molar-refractivity contribution is 0.0949. The Morgan fingerprint density at radius 2 is 1.80 bits per heavy atom. The van der Waals surface area contributed by atoms with E-state index < -0.39 is 0 Å². The van der Waals surface area contributed by atoms with Gasteiger partial charge in [0.05, 0.1) is 11.9 Å². The Bertz CT molecular complexity index is 719. The van der Waals surface area contributed by atoms with E-state index in [0.29, 0.717) is 0 Å². The van der Waals surface area contributed by atoms with Gasteiger partial charge in [0, 0.05) is 31.2 Å². The summed E-state index contributed by atoms with van der Waals surface area (Å²) in [6.07, 6.45) is 9.59. The monoisotopic (exact) mass is 337 g/mol. The van der Waals surface area contributed by atoms with Gasteiger partial charge in [0.25, 0.3) is 5.91 Å². The molecular formula is C19H23N5O. The SMILES string of the molecule is C/C(=N\NC(=O)c1cnccn1)c1ccc(N2CCCCCC2)cc1. The van der Waals surface area contributed by atoms with Crippen LogP contribution >= 0.6 is 0 Å². The second-order valence-corrected chi connectivity index (χ2v) is 6.18. The zero-order valence-corrected chi connectivity index (χ0v) is 14.5. The molecule has 2 heterocycles. The Morgan fingerprint density at radius 1 is 1.08 bits per heavy atom. The van der Waals surface area contributed by atoms with Crippen LogP contribution in [0.25, 0.3) is 0 Å². The van der Waals surface area contributed by atoms with Gasteiger partial charge in [0.15, 0.2) is 0 Å². The first-order chi connectivity index (χ1) is 12.2. The molecule has 1 amide bonds. The highest BCUT2D eigenvalue weighted by Crippen LogP contribution is 2.20. The van der Waals surface area contributed by atoms with Gasteiger partial charge in [-0.25, -0.2) is 10.4 Å². The lowest BCUT2D eigenvalue weighted by Gasteiger charge is -2.22. The third-order valence-electron chi connectivity index (χ3n) is 4.38. The molecule has 6 nitrogen and oxygen atoms in total. The van der Waals surface area contributed by atoms with E-state index in [1.807, 2.05) is 19.1 Å². The average Bonchev–Trinajstić information content (AvgIpc) is 2.96. The van der Waals surface area contributed by atoms with Crippen LogP contribution in [0.4, 0.5) is 5.69 Å². The minimum atomic E-state index is -0.367. The van der Waals surface area contributed by atoms with Crippen molar-refractivity contribution in [2.45, 2.75) is 32.6 Å². The van der Waals surface area contributed by atoms with Gasteiger partial charge in [-0.15, -0.1) is 0 Å². The van der Waals surface area contributed by atoms with Crippen molar-refractivity contribution in [1.82, 2.24) is 15.4 Å². The summed E-state index contributed by atoms with van der Waals surface area (Å²) in [6, 6.07) is 8.36. The number of hydrogen-bond donors (Lipinski definition) is 1. The molecule has 0 atom stereocenters. The molecule has 0 saturated carbocycles. The Balaban J connectivity index is 1.63. The lowest BCUT2D eigenvalue weighted by Crippen LogP contribution is -2.23. The number of nitrogens with zero attached hydrogens (tertiary/aromatic N) is 4. The van der Waals surface area contributed by atoms with Crippen molar-refractivity contribution in [3.05, 3.63) is 54.1 Å². The van der Waals surface area contributed by atoms with Crippen LogP contribution in [0, 0.1) is 0 Å². The van der Waals surface area contributed by atoms with Crippen molar-refractivity contribution >= 4 is 17.3 Å². The molecule has 1 aliphatic rings. The molecule has 0 bridgehead atoms. The molecule has 1 aromatic carbocycles. The first kappa shape index (κ1) is 17.1. The number of benzene rings is 1. The van der Waals surface area contributed by atoms with Crippen LogP contribution in [0.3, 0.4) is 0 Å². The summed E-state index contributed by atoms with van der Waals surface area (Å²) in [6.45, 7) is 4.12. The quantitative estimate of drug-likeness (QED) is 0.688. The normalized spacial score (nSPS) is 15.6. The molecule has 1 aliphatic heterocycles.